The lowest BCUT2D eigenvalue weighted by Gasteiger charge is -2.58. The number of fused-ring (bicyclic) bond motifs is 5. The van der Waals surface area contributed by atoms with Crippen LogP contribution in [0.3, 0.4) is 0 Å². The molecule has 29 heavy (non-hydrogen) atoms. The smallest absolute Gasteiger partial charge is 0.0641 e. The summed E-state index contributed by atoms with van der Waals surface area (Å²) in [6.07, 6.45) is 18.2. The normalized spacial score (nSPS) is 43.6. The van der Waals surface area contributed by atoms with Crippen LogP contribution in [-0.2, 0) is 0 Å². The Hall–Kier alpha value is -0.560. The number of allylic oxidation sites excluding steroid dienone is 2. The van der Waals surface area contributed by atoms with Crippen LogP contribution in [0.1, 0.15) is 98.3 Å². The van der Waals surface area contributed by atoms with Gasteiger partial charge in [-0.1, -0.05) is 52.3 Å². The third-order valence-corrected chi connectivity index (χ3v) is 10.7. The van der Waals surface area contributed by atoms with Crippen molar-refractivity contribution in [2.24, 2.45) is 46.3 Å². The Morgan fingerprint density at radius 3 is 2.66 bits per heavy atom. The molecule has 0 aliphatic heterocycles. The van der Waals surface area contributed by atoms with Crippen LogP contribution >= 0.6 is 0 Å². The first kappa shape index (κ1) is 21.7. The molecule has 8 atom stereocenters. The minimum Gasteiger partial charge on any atom is -0.392 e. The maximum atomic E-state index is 9.39. The standard InChI is InChI=1S/C28H46O/c1-19(21(3)18-29)9-10-20(2)24-13-14-25-23-12-11-22-8-6-7-16-27(22,4)26(23)15-17-28(24,25)5/h11,19-20,23-26,29H,3,6-10,12-18H2,1-2,4-5H3/t19?,20-,23+,24-,25+,26+,27+,28-/m1/s1. The molecule has 0 aromatic heterocycles. The second kappa shape index (κ2) is 8.18. The average molecular weight is 399 g/mol. The highest BCUT2D eigenvalue weighted by Crippen LogP contribution is 2.67. The summed E-state index contributed by atoms with van der Waals surface area (Å²) in [6, 6.07) is 0. The highest BCUT2D eigenvalue weighted by Gasteiger charge is 2.58. The summed E-state index contributed by atoms with van der Waals surface area (Å²) < 4.78 is 0. The monoisotopic (exact) mass is 398 g/mol. The molecule has 1 nitrogen and oxygen atoms in total. The molecular weight excluding hydrogens is 352 g/mol. The second-order valence-corrected chi connectivity index (χ2v) is 12.0. The van der Waals surface area contributed by atoms with Crippen LogP contribution in [0.4, 0.5) is 0 Å². The average Bonchev–Trinajstić information content (AvgIpc) is 3.08. The topological polar surface area (TPSA) is 20.2 Å². The fourth-order valence-corrected chi connectivity index (χ4v) is 8.75. The molecule has 3 fully saturated rings. The molecular formula is C28H46O. The molecule has 0 heterocycles. The first-order valence-electron chi connectivity index (χ1n) is 12.8. The van der Waals surface area contributed by atoms with Gasteiger partial charge in [-0.3, -0.25) is 0 Å². The van der Waals surface area contributed by atoms with Crippen LogP contribution in [0.15, 0.2) is 23.8 Å². The summed E-state index contributed by atoms with van der Waals surface area (Å²) >= 11 is 0. The van der Waals surface area contributed by atoms with Crippen LogP contribution in [0.5, 0.6) is 0 Å². The van der Waals surface area contributed by atoms with Gasteiger partial charge >= 0.3 is 0 Å². The van der Waals surface area contributed by atoms with Crippen LogP contribution in [0.25, 0.3) is 0 Å². The summed E-state index contributed by atoms with van der Waals surface area (Å²) in [6.45, 7) is 14.3. The largest absolute Gasteiger partial charge is 0.392 e. The molecule has 0 bridgehead atoms. The van der Waals surface area contributed by atoms with E-state index in [-0.39, 0.29) is 6.61 Å². The SMILES string of the molecule is C=C(CO)C(C)CC[C@@H](C)[C@H]1CC[C@H]2[C@@H]3CC=C4CCCC[C@]4(C)[C@H]3CC[C@]12C. The minimum absolute atomic E-state index is 0.149. The van der Waals surface area contributed by atoms with Crippen molar-refractivity contribution in [1.82, 2.24) is 0 Å². The second-order valence-electron chi connectivity index (χ2n) is 12.0. The lowest BCUT2D eigenvalue weighted by atomic mass is 9.47. The van der Waals surface area contributed by atoms with E-state index >= 15 is 0 Å². The van der Waals surface area contributed by atoms with Gasteiger partial charge in [0.05, 0.1) is 6.61 Å². The molecule has 1 N–H and O–H groups in total. The van der Waals surface area contributed by atoms with Gasteiger partial charge < -0.3 is 5.11 Å². The molecule has 0 spiro atoms. The van der Waals surface area contributed by atoms with E-state index in [0.717, 1.165) is 35.2 Å². The van der Waals surface area contributed by atoms with Gasteiger partial charge in [-0.05, 0) is 116 Å². The molecule has 4 aliphatic carbocycles. The van der Waals surface area contributed by atoms with Crippen LogP contribution in [-0.4, -0.2) is 11.7 Å². The van der Waals surface area contributed by atoms with E-state index in [9.17, 15) is 5.11 Å². The Morgan fingerprint density at radius 2 is 1.90 bits per heavy atom. The highest BCUT2D eigenvalue weighted by molar-refractivity contribution is 5.24. The van der Waals surface area contributed by atoms with Crippen molar-refractivity contribution in [3.05, 3.63) is 23.8 Å². The van der Waals surface area contributed by atoms with E-state index in [1.807, 2.05) is 5.57 Å². The molecule has 0 aromatic rings. The Balaban J connectivity index is 1.46. The molecule has 0 radical (unpaired) electrons. The van der Waals surface area contributed by atoms with E-state index in [1.165, 1.54) is 70.6 Å². The zero-order valence-electron chi connectivity index (χ0n) is 19.7. The van der Waals surface area contributed by atoms with E-state index < -0.39 is 0 Å². The van der Waals surface area contributed by atoms with Crippen molar-refractivity contribution in [2.45, 2.75) is 98.3 Å². The molecule has 0 amide bonds. The molecule has 1 unspecified atom stereocenters. The Bertz CT molecular complexity index is 647. The zero-order chi connectivity index (χ0) is 20.8. The van der Waals surface area contributed by atoms with Gasteiger partial charge in [0.25, 0.3) is 0 Å². The Morgan fingerprint density at radius 1 is 1.10 bits per heavy atom. The highest BCUT2D eigenvalue weighted by atomic mass is 16.3. The van der Waals surface area contributed by atoms with Gasteiger partial charge in [0.15, 0.2) is 0 Å². The fourth-order valence-electron chi connectivity index (χ4n) is 8.75. The van der Waals surface area contributed by atoms with Crippen LogP contribution in [0.2, 0.25) is 0 Å². The number of rotatable bonds is 6. The zero-order valence-corrected chi connectivity index (χ0v) is 19.7. The van der Waals surface area contributed by atoms with Gasteiger partial charge in [-0.15, -0.1) is 0 Å². The summed E-state index contributed by atoms with van der Waals surface area (Å²) in [5, 5.41) is 9.39. The molecule has 4 rings (SSSR count). The van der Waals surface area contributed by atoms with E-state index in [4.69, 9.17) is 0 Å². The van der Waals surface area contributed by atoms with Crippen molar-refractivity contribution in [2.75, 3.05) is 6.61 Å². The van der Waals surface area contributed by atoms with E-state index in [0.29, 0.717) is 16.7 Å². The molecule has 3 saturated carbocycles. The van der Waals surface area contributed by atoms with Gasteiger partial charge in [-0.25, -0.2) is 0 Å². The predicted molar refractivity (Wildman–Crippen MR) is 124 cm³/mol. The molecule has 1 heteroatoms. The first-order valence-corrected chi connectivity index (χ1v) is 12.8. The quantitative estimate of drug-likeness (QED) is 0.458. The van der Waals surface area contributed by atoms with Crippen molar-refractivity contribution in [1.29, 1.82) is 0 Å². The minimum atomic E-state index is 0.149. The molecule has 4 aliphatic rings. The third kappa shape index (κ3) is 3.58. The summed E-state index contributed by atoms with van der Waals surface area (Å²) in [5.74, 6) is 5.02. The lowest BCUT2D eigenvalue weighted by Crippen LogP contribution is -2.50. The van der Waals surface area contributed by atoms with Crippen molar-refractivity contribution < 1.29 is 5.11 Å². The van der Waals surface area contributed by atoms with Crippen molar-refractivity contribution >= 4 is 0 Å². The Labute approximate surface area is 180 Å². The maximum absolute atomic E-state index is 9.39. The molecule has 164 valence electrons. The van der Waals surface area contributed by atoms with Crippen molar-refractivity contribution in [3.8, 4) is 0 Å². The van der Waals surface area contributed by atoms with Gasteiger partial charge in [0.1, 0.15) is 0 Å². The predicted octanol–water partition coefficient (Wildman–Crippen LogP) is 7.56. The summed E-state index contributed by atoms with van der Waals surface area (Å²) in [4.78, 5) is 0. The van der Waals surface area contributed by atoms with Gasteiger partial charge in [-0.2, -0.15) is 0 Å². The summed E-state index contributed by atoms with van der Waals surface area (Å²) in [5.41, 5.74) is 3.95. The first-order chi connectivity index (χ1) is 13.8. The molecule has 0 aromatic carbocycles. The van der Waals surface area contributed by atoms with Crippen LogP contribution < -0.4 is 0 Å². The number of hydrogen-bond acceptors (Lipinski definition) is 1. The van der Waals surface area contributed by atoms with Crippen LogP contribution in [0, 0.1) is 46.3 Å². The fraction of sp³-hybridized carbons (Fsp3) is 0.857. The third-order valence-electron chi connectivity index (χ3n) is 10.7. The molecule has 0 saturated heterocycles. The number of aliphatic hydroxyl groups is 1. The summed E-state index contributed by atoms with van der Waals surface area (Å²) in [7, 11) is 0. The maximum Gasteiger partial charge on any atom is 0.0641 e. The van der Waals surface area contributed by atoms with Gasteiger partial charge in [0, 0.05) is 0 Å². The van der Waals surface area contributed by atoms with E-state index in [2.05, 4.69) is 40.3 Å². The number of hydrogen-bond donors (Lipinski definition) is 1. The van der Waals surface area contributed by atoms with E-state index in [1.54, 1.807) is 0 Å². The number of aliphatic hydroxyl groups excluding tert-OH is 1. The van der Waals surface area contributed by atoms with Gasteiger partial charge in [0.2, 0.25) is 0 Å². The Kier molecular flexibility index (Phi) is 6.11. The lowest BCUT2D eigenvalue weighted by molar-refractivity contribution is -0.0501. The van der Waals surface area contributed by atoms with Crippen molar-refractivity contribution in [3.63, 3.8) is 0 Å².